The highest BCUT2D eigenvalue weighted by Gasteiger charge is 1.98. The number of carbonyl (C=O) groups is 1. The molecule has 0 atom stereocenters. The van der Waals surface area contributed by atoms with Gasteiger partial charge in [-0.1, -0.05) is 24.3 Å². The van der Waals surface area contributed by atoms with E-state index >= 15 is 0 Å². The van der Waals surface area contributed by atoms with Crippen LogP contribution in [0, 0.1) is 0 Å². The highest BCUT2D eigenvalue weighted by Crippen LogP contribution is 2.06. The Morgan fingerprint density at radius 1 is 1.13 bits per heavy atom. The number of hydrogen-bond acceptors (Lipinski definition) is 6. The Kier molecular flexibility index (Phi) is 4.72. The van der Waals surface area contributed by atoms with Crippen molar-refractivity contribution in [1.82, 2.24) is 5.39 Å². The summed E-state index contributed by atoms with van der Waals surface area (Å²) in [6.45, 7) is 0.644. The number of nitrogens with zero attached hydrogens (tertiary/aromatic N) is 1. The Labute approximate surface area is 86.1 Å². The fraction of sp³-hybridized carbons (Fsp3) is 0.222. The molecule has 0 fully saturated rings. The number of benzene rings is 1. The predicted molar refractivity (Wildman–Crippen MR) is 47.5 cm³/mol. The molecule has 0 bridgehead atoms. The summed E-state index contributed by atoms with van der Waals surface area (Å²) in [7, 11) is 0. The van der Waals surface area contributed by atoms with E-state index in [0.717, 1.165) is 11.1 Å². The highest BCUT2D eigenvalue weighted by molar-refractivity contribution is 5.37. The van der Waals surface area contributed by atoms with Crippen LogP contribution in [0.5, 0.6) is 0 Å². The molecule has 0 saturated carbocycles. The number of ether oxygens (including phenoxy) is 1. The summed E-state index contributed by atoms with van der Waals surface area (Å²) in [5.74, 6) is 0. The van der Waals surface area contributed by atoms with Gasteiger partial charge in [0.25, 0.3) is 6.47 Å². The third-order valence-electron chi connectivity index (χ3n) is 1.69. The first-order chi connectivity index (χ1) is 7.22. The van der Waals surface area contributed by atoms with Gasteiger partial charge in [0.05, 0.1) is 12.0 Å². The molecule has 0 saturated heterocycles. The van der Waals surface area contributed by atoms with Gasteiger partial charge in [0.1, 0.15) is 6.61 Å². The van der Waals surface area contributed by atoms with Crippen molar-refractivity contribution < 1.29 is 24.8 Å². The van der Waals surface area contributed by atoms with Crippen molar-refractivity contribution in [2.45, 2.75) is 13.2 Å². The summed E-state index contributed by atoms with van der Waals surface area (Å²) in [4.78, 5) is 14.3. The van der Waals surface area contributed by atoms with Crippen molar-refractivity contribution in [3.8, 4) is 0 Å². The quantitative estimate of drug-likeness (QED) is 0.539. The molecule has 6 heteroatoms. The summed E-state index contributed by atoms with van der Waals surface area (Å²) < 4.78 is 4.56. The Morgan fingerprint density at radius 3 is 2.13 bits per heavy atom. The molecule has 1 aromatic carbocycles. The fourth-order valence-corrected chi connectivity index (χ4v) is 0.994. The van der Waals surface area contributed by atoms with Crippen molar-refractivity contribution in [2.75, 3.05) is 0 Å². The lowest BCUT2D eigenvalue weighted by Gasteiger charge is -2.06. The maximum atomic E-state index is 9.92. The van der Waals surface area contributed by atoms with Crippen LogP contribution in [0.2, 0.25) is 0 Å². The largest absolute Gasteiger partial charge is 0.463 e. The van der Waals surface area contributed by atoms with Crippen LogP contribution < -0.4 is 0 Å². The minimum atomic E-state index is -0.344. The van der Waals surface area contributed by atoms with Crippen LogP contribution in [-0.4, -0.2) is 22.3 Å². The second-order valence-corrected chi connectivity index (χ2v) is 2.75. The lowest BCUT2D eigenvalue weighted by Crippen LogP contribution is -2.13. The first-order valence-corrected chi connectivity index (χ1v) is 4.16. The van der Waals surface area contributed by atoms with Crippen LogP contribution in [0.1, 0.15) is 11.1 Å². The highest BCUT2D eigenvalue weighted by atomic mass is 17.1. The molecule has 0 aliphatic carbocycles. The second-order valence-electron chi connectivity index (χ2n) is 2.75. The molecule has 1 aromatic rings. The van der Waals surface area contributed by atoms with E-state index in [1.807, 2.05) is 0 Å². The molecule has 0 amide bonds. The van der Waals surface area contributed by atoms with Gasteiger partial charge < -0.3 is 4.74 Å². The van der Waals surface area contributed by atoms with Gasteiger partial charge in [-0.2, -0.15) is 0 Å². The van der Waals surface area contributed by atoms with Crippen LogP contribution in [0.4, 0.5) is 0 Å². The molecule has 0 aliphatic heterocycles. The topological polar surface area (TPSA) is 79.2 Å². The molecule has 2 N–H and O–H groups in total. The average molecular weight is 213 g/mol. The summed E-state index contributed by atoms with van der Waals surface area (Å²) in [5.41, 5.74) is 1.61. The Balaban J connectivity index is 2.45. The van der Waals surface area contributed by atoms with E-state index in [0.29, 0.717) is 6.47 Å². The fourth-order valence-electron chi connectivity index (χ4n) is 0.994. The van der Waals surface area contributed by atoms with Crippen molar-refractivity contribution in [3.63, 3.8) is 0 Å². The van der Waals surface area contributed by atoms with Gasteiger partial charge in [0.15, 0.2) is 0 Å². The average Bonchev–Trinajstić information content (AvgIpc) is 2.25. The zero-order valence-electron chi connectivity index (χ0n) is 7.87. The normalized spacial score (nSPS) is 10.3. The maximum Gasteiger partial charge on any atom is 0.293 e. The number of rotatable bonds is 6. The molecule has 0 unspecified atom stereocenters. The molecule has 6 nitrogen and oxygen atoms in total. The second kappa shape index (κ2) is 6.10. The van der Waals surface area contributed by atoms with Crippen molar-refractivity contribution in [1.29, 1.82) is 0 Å². The minimum Gasteiger partial charge on any atom is -0.463 e. The van der Waals surface area contributed by atoms with Crippen LogP contribution in [0.25, 0.3) is 0 Å². The molecule has 1 rings (SSSR count). The van der Waals surface area contributed by atoms with Crippen molar-refractivity contribution >= 4 is 6.47 Å². The molecule has 0 aromatic heterocycles. The predicted octanol–water partition coefficient (Wildman–Crippen LogP) is 0.872. The Hall–Kier alpha value is -1.47. The first-order valence-electron chi connectivity index (χ1n) is 4.16. The maximum absolute atomic E-state index is 9.92. The summed E-state index contributed by atoms with van der Waals surface area (Å²) >= 11 is 0. The minimum absolute atomic E-state index is 0.0435. The Morgan fingerprint density at radius 2 is 1.67 bits per heavy atom. The molecule has 0 radical (unpaired) electrons. The molecule has 0 aliphatic rings. The van der Waals surface area contributed by atoms with Gasteiger partial charge in [-0.05, 0) is 11.1 Å². The van der Waals surface area contributed by atoms with Gasteiger partial charge >= 0.3 is 0 Å². The summed E-state index contributed by atoms with van der Waals surface area (Å²) in [5, 5.41) is 16.2. The zero-order valence-corrected chi connectivity index (χ0v) is 7.87. The van der Waals surface area contributed by atoms with E-state index in [1.165, 1.54) is 0 Å². The van der Waals surface area contributed by atoms with Crippen LogP contribution in [0.3, 0.4) is 0 Å². The monoisotopic (exact) mass is 213 g/mol. The van der Waals surface area contributed by atoms with Crippen LogP contribution in [0.15, 0.2) is 24.3 Å². The van der Waals surface area contributed by atoms with E-state index < -0.39 is 0 Å². The third kappa shape index (κ3) is 4.52. The number of carbonyl (C=O) groups excluding carboxylic acids is 1. The van der Waals surface area contributed by atoms with Crippen LogP contribution in [-0.2, 0) is 27.6 Å². The molecular formula is C9H11NO5. The molecule has 0 spiro atoms. The smallest absolute Gasteiger partial charge is 0.293 e. The van der Waals surface area contributed by atoms with Gasteiger partial charge in [0.2, 0.25) is 0 Å². The van der Waals surface area contributed by atoms with Gasteiger partial charge in [-0.3, -0.25) is 15.2 Å². The van der Waals surface area contributed by atoms with Gasteiger partial charge in [-0.25, -0.2) is 4.84 Å². The summed E-state index contributed by atoms with van der Waals surface area (Å²) in [6, 6.07) is 6.96. The van der Waals surface area contributed by atoms with Crippen LogP contribution >= 0.6 is 0 Å². The van der Waals surface area contributed by atoms with E-state index in [4.69, 9.17) is 10.4 Å². The molecule has 0 heterocycles. The lowest BCUT2D eigenvalue weighted by atomic mass is 10.1. The molecular weight excluding hydrogens is 202 g/mol. The van der Waals surface area contributed by atoms with E-state index in [1.54, 1.807) is 24.3 Å². The molecule has 15 heavy (non-hydrogen) atoms. The summed E-state index contributed by atoms with van der Waals surface area (Å²) in [6.07, 6.45) is 0. The van der Waals surface area contributed by atoms with E-state index in [-0.39, 0.29) is 18.6 Å². The lowest BCUT2D eigenvalue weighted by molar-refractivity contribution is -0.497. The van der Waals surface area contributed by atoms with E-state index in [9.17, 15) is 4.79 Å². The zero-order chi connectivity index (χ0) is 11.1. The van der Waals surface area contributed by atoms with Crippen molar-refractivity contribution in [2.24, 2.45) is 0 Å². The van der Waals surface area contributed by atoms with Gasteiger partial charge in [-0.15, -0.1) is 0 Å². The Bertz CT molecular complexity index is 298. The van der Waals surface area contributed by atoms with Gasteiger partial charge in [0, 0.05) is 0 Å². The third-order valence-corrected chi connectivity index (χ3v) is 1.69. The van der Waals surface area contributed by atoms with Crippen molar-refractivity contribution in [3.05, 3.63) is 35.4 Å². The SMILES string of the molecule is O=COCc1ccc(CON(O)O)cc1. The van der Waals surface area contributed by atoms with E-state index in [2.05, 4.69) is 9.57 Å². The molecule has 82 valence electrons. The number of hydrogen-bond donors (Lipinski definition) is 2. The standard InChI is InChI=1S/C9H11NO5/c11-7-14-5-8-1-3-9(4-2-8)6-15-10(12)13/h1-4,7,12-13H,5-6H2. The first kappa shape index (κ1) is 11.6.